The molecule has 0 aliphatic heterocycles. The van der Waals surface area contributed by atoms with Crippen LogP contribution >= 0.6 is 0 Å². The van der Waals surface area contributed by atoms with Gasteiger partial charge in [-0.3, -0.25) is 9.67 Å². The van der Waals surface area contributed by atoms with Gasteiger partial charge in [0.05, 0.1) is 12.2 Å². The molecule has 0 atom stereocenters. The Labute approximate surface area is 110 Å². The van der Waals surface area contributed by atoms with Gasteiger partial charge in [-0.1, -0.05) is 6.08 Å². The number of aryl methyl sites for hydroxylation is 1. The van der Waals surface area contributed by atoms with Crippen molar-refractivity contribution in [3.05, 3.63) is 47.9 Å². The van der Waals surface area contributed by atoms with Crippen molar-refractivity contribution in [2.75, 3.05) is 0 Å². The SMILES string of the molecule is C=CCn1nc2c(c1C(=O)O)CCc1cnccc1-2. The minimum atomic E-state index is -0.937. The van der Waals surface area contributed by atoms with Crippen LogP contribution in [-0.2, 0) is 19.4 Å². The van der Waals surface area contributed by atoms with Gasteiger partial charge in [0.25, 0.3) is 0 Å². The van der Waals surface area contributed by atoms with Crippen LogP contribution in [0.15, 0.2) is 31.1 Å². The summed E-state index contributed by atoms with van der Waals surface area (Å²) in [6.45, 7) is 4.04. The lowest BCUT2D eigenvalue weighted by Gasteiger charge is -2.14. The smallest absolute Gasteiger partial charge is 0.354 e. The Kier molecular flexibility index (Phi) is 2.67. The van der Waals surface area contributed by atoms with Crippen LogP contribution in [0.4, 0.5) is 0 Å². The third kappa shape index (κ3) is 1.74. The van der Waals surface area contributed by atoms with Crippen LogP contribution in [0.1, 0.15) is 21.6 Å². The topological polar surface area (TPSA) is 68.0 Å². The molecule has 2 aromatic rings. The second-order valence-electron chi connectivity index (χ2n) is 4.48. The van der Waals surface area contributed by atoms with E-state index in [0.717, 1.165) is 28.8 Å². The predicted octanol–water partition coefficient (Wildman–Crippen LogP) is 1.93. The highest BCUT2D eigenvalue weighted by atomic mass is 16.4. The van der Waals surface area contributed by atoms with E-state index in [0.29, 0.717) is 13.0 Å². The molecule has 0 aromatic carbocycles. The first-order chi connectivity index (χ1) is 9.22. The van der Waals surface area contributed by atoms with Gasteiger partial charge in [0.15, 0.2) is 0 Å². The van der Waals surface area contributed by atoms with E-state index in [9.17, 15) is 9.90 Å². The van der Waals surface area contributed by atoms with Crippen LogP contribution in [0.3, 0.4) is 0 Å². The number of allylic oxidation sites excluding steroid dienone is 1. The minimum absolute atomic E-state index is 0.275. The van der Waals surface area contributed by atoms with E-state index in [2.05, 4.69) is 16.7 Å². The molecule has 0 bridgehead atoms. The Morgan fingerprint density at radius 3 is 3.11 bits per heavy atom. The number of carboxylic acid groups (broad SMARTS) is 1. The van der Waals surface area contributed by atoms with Crippen molar-refractivity contribution in [3.63, 3.8) is 0 Å². The number of aromatic nitrogens is 3. The third-order valence-corrected chi connectivity index (χ3v) is 3.36. The van der Waals surface area contributed by atoms with E-state index in [4.69, 9.17) is 0 Å². The molecule has 0 unspecified atom stereocenters. The number of fused-ring (bicyclic) bond motifs is 3. The number of rotatable bonds is 3. The third-order valence-electron chi connectivity index (χ3n) is 3.36. The number of nitrogens with zero attached hydrogens (tertiary/aromatic N) is 3. The highest BCUT2D eigenvalue weighted by molar-refractivity contribution is 5.90. The number of carboxylic acids is 1. The molecule has 0 radical (unpaired) electrons. The van der Waals surface area contributed by atoms with Crippen LogP contribution in [-0.4, -0.2) is 25.8 Å². The van der Waals surface area contributed by atoms with E-state index in [1.54, 1.807) is 12.3 Å². The first-order valence-corrected chi connectivity index (χ1v) is 6.09. The Balaban J connectivity index is 2.24. The molecular formula is C14H13N3O2. The zero-order valence-corrected chi connectivity index (χ0v) is 10.3. The van der Waals surface area contributed by atoms with Crippen molar-refractivity contribution in [3.8, 4) is 11.3 Å². The van der Waals surface area contributed by atoms with Gasteiger partial charge in [-0.25, -0.2) is 4.79 Å². The van der Waals surface area contributed by atoms with Crippen molar-refractivity contribution in [1.82, 2.24) is 14.8 Å². The predicted molar refractivity (Wildman–Crippen MR) is 70.0 cm³/mol. The van der Waals surface area contributed by atoms with Crippen LogP contribution in [0.2, 0.25) is 0 Å². The Hall–Kier alpha value is -2.43. The molecule has 0 amide bonds. The van der Waals surface area contributed by atoms with E-state index >= 15 is 0 Å². The molecule has 0 saturated carbocycles. The average molecular weight is 255 g/mol. The summed E-state index contributed by atoms with van der Waals surface area (Å²) >= 11 is 0. The highest BCUT2D eigenvalue weighted by Gasteiger charge is 2.27. The standard InChI is InChI=1S/C14H13N3O2/c1-2-7-17-13(14(18)19)11-4-3-9-8-15-6-5-10(9)12(11)16-17/h2,5-6,8H,1,3-4,7H2,(H,18,19). The van der Waals surface area contributed by atoms with Gasteiger partial charge in [0.1, 0.15) is 5.69 Å². The monoisotopic (exact) mass is 255 g/mol. The molecule has 0 fully saturated rings. The van der Waals surface area contributed by atoms with Crippen molar-refractivity contribution in [2.45, 2.75) is 19.4 Å². The maximum Gasteiger partial charge on any atom is 0.354 e. The maximum atomic E-state index is 11.4. The van der Waals surface area contributed by atoms with Gasteiger partial charge in [-0.15, -0.1) is 6.58 Å². The van der Waals surface area contributed by atoms with Gasteiger partial charge in [0, 0.05) is 23.5 Å². The summed E-state index contributed by atoms with van der Waals surface area (Å²) in [7, 11) is 0. The molecular weight excluding hydrogens is 242 g/mol. The van der Waals surface area contributed by atoms with Crippen LogP contribution < -0.4 is 0 Å². The van der Waals surface area contributed by atoms with Crippen molar-refractivity contribution >= 4 is 5.97 Å². The van der Waals surface area contributed by atoms with Gasteiger partial charge in [-0.05, 0) is 24.5 Å². The lowest BCUT2D eigenvalue weighted by atomic mass is 9.90. The van der Waals surface area contributed by atoms with Crippen LogP contribution in [0.5, 0.6) is 0 Å². The number of carbonyl (C=O) groups is 1. The molecule has 1 aliphatic carbocycles. The fourth-order valence-corrected chi connectivity index (χ4v) is 2.56. The quantitative estimate of drug-likeness (QED) is 0.851. The van der Waals surface area contributed by atoms with E-state index in [1.165, 1.54) is 4.68 Å². The van der Waals surface area contributed by atoms with Crippen LogP contribution in [0.25, 0.3) is 11.3 Å². The molecule has 2 heterocycles. The molecule has 3 rings (SSSR count). The second kappa shape index (κ2) is 4.35. The minimum Gasteiger partial charge on any atom is -0.477 e. The zero-order valence-electron chi connectivity index (χ0n) is 10.3. The fourth-order valence-electron chi connectivity index (χ4n) is 2.56. The summed E-state index contributed by atoms with van der Waals surface area (Å²) in [4.78, 5) is 15.5. The van der Waals surface area contributed by atoms with Crippen molar-refractivity contribution in [1.29, 1.82) is 0 Å². The fraction of sp³-hybridized carbons (Fsp3) is 0.214. The first kappa shape index (κ1) is 11.6. The Bertz CT molecular complexity index is 673. The number of aromatic carboxylic acids is 1. The number of hydrogen-bond acceptors (Lipinski definition) is 3. The lowest BCUT2D eigenvalue weighted by molar-refractivity contribution is 0.0683. The molecule has 1 aliphatic rings. The largest absolute Gasteiger partial charge is 0.477 e. The first-order valence-electron chi connectivity index (χ1n) is 6.09. The lowest BCUT2D eigenvalue weighted by Crippen LogP contribution is -2.12. The normalized spacial score (nSPS) is 12.6. The van der Waals surface area contributed by atoms with Gasteiger partial charge in [0.2, 0.25) is 0 Å². The summed E-state index contributed by atoms with van der Waals surface area (Å²) in [5, 5.41) is 13.8. The number of hydrogen-bond donors (Lipinski definition) is 1. The number of pyridine rings is 1. The Morgan fingerprint density at radius 2 is 2.37 bits per heavy atom. The summed E-state index contributed by atoms with van der Waals surface area (Å²) in [5.41, 5.74) is 3.96. The maximum absolute atomic E-state index is 11.4. The van der Waals surface area contributed by atoms with E-state index < -0.39 is 5.97 Å². The molecule has 0 saturated heterocycles. The van der Waals surface area contributed by atoms with E-state index in [-0.39, 0.29) is 5.69 Å². The Morgan fingerprint density at radius 1 is 1.53 bits per heavy atom. The van der Waals surface area contributed by atoms with Crippen molar-refractivity contribution < 1.29 is 9.90 Å². The molecule has 0 spiro atoms. The summed E-state index contributed by atoms with van der Waals surface area (Å²) in [6, 6.07) is 1.89. The average Bonchev–Trinajstić information content (AvgIpc) is 2.77. The molecule has 5 nitrogen and oxygen atoms in total. The zero-order chi connectivity index (χ0) is 13.4. The van der Waals surface area contributed by atoms with E-state index in [1.807, 2.05) is 12.3 Å². The molecule has 1 N–H and O–H groups in total. The molecule has 19 heavy (non-hydrogen) atoms. The van der Waals surface area contributed by atoms with Crippen LogP contribution in [0, 0.1) is 0 Å². The molecule has 96 valence electrons. The van der Waals surface area contributed by atoms with Gasteiger partial charge >= 0.3 is 5.97 Å². The summed E-state index contributed by atoms with van der Waals surface area (Å²) < 4.78 is 1.51. The van der Waals surface area contributed by atoms with Gasteiger partial charge < -0.3 is 5.11 Å². The molecule has 2 aromatic heterocycles. The summed E-state index contributed by atoms with van der Waals surface area (Å²) in [5.74, 6) is -0.937. The second-order valence-corrected chi connectivity index (χ2v) is 4.48. The van der Waals surface area contributed by atoms with Crippen molar-refractivity contribution in [2.24, 2.45) is 0 Å². The molecule has 5 heteroatoms. The highest BCUT2D eigenvalue weighted by Crippen LogP contribution is 2.33. The van der Waals surface area contributed by atoms with Gasteiger partial charge in [-0.2, -0.15) is 5.10 Å². The summed E-state index contributed by atoms with van der Waals surface area (Å²) in [6.07, 6.45) is 6.67.